The maximum atomic E-state index is 5.86. The van der Waals surface area contributed by atoms with Crippen LogP contribution < -0.4 is 0 Å². The zero-order valence-corrected chi connectivity index (χ0v) is 28.8. The summed E-state index contributed by atoms with van der Waals surface area (Å²) in [4.78, 5) is 9.24. The van der Waals surface area contributed by atoms with Gasteiger partial charge in [-0.1, -0.05) is 122 Å². The summed E-state index contributed by atoms with van der Waals surface area (Å²) in [5, 5.41) is 1.03. The number of pyridine rings is 1. The van der Waals surface area contributed by atoms with Gasteiger partial charge in [0.15, 0.2) is 0 Å². The quantitative estimate of drug-likeness (QED) is 0.167. The molecule has 1 radical (unpaired) electrons. The molecule has 233 valence electrons. The van der Waals surface area contributed by atoms with Crippen LogP contribution in [0, 0.1) is 12.3 Å². The molecule has 5 aromatic carbocycles. The maximum Gasteiger partial charge on any atom is 0.0774 e. The Kier molecular flexibility index (Phi) is 9.31. The van der Waals surface area contributed by atoms with Crippen molar-refractivity contribution in [2.75, 3.05) is 0 Å². The third-order valence-corrected chi connectivity index (χ3v) is 8.04. The average molecular weight is 788 g/mol. The van der Waals surface area contributed by atoms with Gasteiger partial charge in [0.1, 0.15) is 0 Å². The third kappa shape index (κ3) is 6.73. The largest absolute Gasteiger partial charge is 0.557 e. The van der Waals surface area contributed by atoms with Gasteiger partial charge in [0.25, 0.3) is 0 Å². The molecular formula is C42H33IrN3O-2. The molecule has 5 heteroatoms. The van der Waals surface area contributed by atoms with E-state index in [2.05, 4.69) is 122 Å². The molecule has 0 aliphatic heterocycles. The van der Waals surface area contributed by atoms with Crippen molar-refractivity contribution in [2.45, 2.75) is 26.2 Å². The summed E-state index contributed by atoms with van der Waals surface area (Å²) in [5.74, 6) is 0.832. The fourth-order valence-electron chi connectivity index (χ4n) is 5.57. The van der Waals surface area contributed by atoms with Crippen molar-refractivity contribution in [2.24, 2.45) is 0 Å². The standard InChI is InChI=1S/C31H25N2O.C11H8N.Ir/c1-31(2,3)23-15-18-29-25(19-23)26(20-34-29)30-32-27-11-7-8-12-28(27)33(30)24-16-13-22(14-17-24)21-9-5-4-6-10-21;1-2-6-10(7-3-1)11-8-4-5-9-12-11;/h4-19H,1-3H3;1-6,8-9H;/q2*-1;. The number of aromatic nitrogens is 3. The van der Waals surface area contributed by atoms with Crippen LogP contribution >= 0.6 is 0 Å². The van der Waals surface area contributed by atoms with Crippen LogP contribution in [-0.4, -0.2) is 14.5 Å². The van der Waals surface area contributed by atoms with Gasteiger partial charge in [-0.15, -0.1) is 35.9 Å². The molecule has 0 fully saturated rings. The van der Waals surface area contributed by atoms with E-state index in [1.807, 2.05) is 60.7 Å². The number of hydrogen-bond acceptors (Lipinski definition) is 3. The first-order valence-corrected chi connectivity index (χ1v) is 15.4. The van der Waals surface area contributed by atoms with Crippen LogP contribution in [0.25, 0.3) is 61.5 Å². The predicted molar refractivity (Wildman–Crippen MR) is 188 cm³/mol. The number of fused-ring (bicyclic) bond motifs is 2. The zero-order chi connectivity index (χ0) is 31.5. The second-order valence-corrected chi connectivity index (χ2v) is 12.2. The van der Waals surface area contributed by atoms with E-state index in [-0.39, 0.29) is 25.5 Å². The molecule has 0 unspecified atom stereocenters. The van der Waals surface area contributed by atoms with Gasteiger partial charge in [-0.2, -0.15) is 0 Å². The first kappa shape index (κ1) is 31.9. The van der Waals surface area contributed by atoms with Crippen molar-refractivity contribution in [3.8, 4) is 39.5 Å². The SMILES string of the molecule is CC(C)(C)c1ccc2o[c-]c(-c3nc4ccccc4n3-c3ccc(-c4ccccc4)cc3)c2c1.[Ir].[c-]1ccccc1-c1ccccn1. The molecule has 0 N–H and O–H groups in total. The summed E-state index contributed by atoms with van der Waals surface area (Å²) in [6, 6.07) is 50.5. The summed E-state index contributed by atoms with van der Waals surface area (Å²) >= 11 is 0. The molecular weight excluding hydrogens is 755 g/mol. The molecule has 3 aromatic heterocycles. The van der Waals surface area contributed by atoms with Gasteiger partial charge in [-0.05, 0) is 52.6 Å². The molecule has 0 aliphatic carbocycles. The Labute approximate surface area is 289 Å². The molecule has 0 saturated heterocycles. The van der Waals surface area contributed by atoms with Crippen LogP contribution in [0.1, 0.15) is 26.3 Å². The van der Waals surface area contributed by atoms with E-state index < -0.39 is 0 Å². The van der Waals surface area contributed by atoms with E-state index >= 15 is 0 Å². The second kappa shape index (κ2) is 13.7. The van der Waals surface area contributed by atoms with Crippen LogP contribution in [-0.2, 0) is 25.5 Å². The van der Waals surface area contributed by atoms with Crippen LogP contribution in [0.15, 0.2) is 150 Å². The number of furan rings is 1. The van der Waals surface area contributed by atoms with Crippen molar-refractivity contribution in [3.05, 3.63) is 164 Å². The van der Waals surface area contributed by atoms with E-state index in [0.717, 1.165) is 50.3 Å². The molecule has 0 spiro atoms. The van der Waals surface area contributed by atoms with Crippen molar-refractivity contribution >= 4 is 22.0 Å². The van der Waals surface area contributed by atoms with Crippen LogP contribution in [0.3, 0.4) is 0 Å². The Morgan fingerprint density at radius 2 is 1.43 bits per heavy atom. The molecule has 3 heterocycles. The number of imidazole rings is 1. The Morgan fingerprint density at radius 1 is 0.702 bits per heavy atom. The molecule has 0 amide bonds. The van der Waals surface area contributed by atoms with E-state index in [9.17, 15) is 0 Å². The molecule has 8 aromatic rings. The van der Waals surface area contributed by atoms with Gasteiger partial charge in [-0.25, -0.2) is 0 Å². The smallest absolute Gasteiger partial charge is 0.0774 e. The molecule has 0 bridgehead atoms. The Bertz CT molecular complexity index is 2180. The summed E-state index contributed by atoms with van der Waals surface area (Å²) in [6.45, 7) is 6.67. The van der Waals surface area contributed by atoms with Crippen molar-refractivity contribution in [3.63, 3.8) is 0 Å². The van der Waals surface area contributed by atoms with E-state index in [1.165, 1.54) is 16.7 Å². The summed E-state index contributed by atoms with van der Waals surface area (Å²) in [5.41, 5.74) is 10.4. The first-order chi connectivity index (χ1) is 22.5. The Hall–Kier alpha value is -5.09. The van der Waals surface area contributed by atoms with Crippen molar-refractivity contribution in [1.29, 1.82) is 0 Å². The van der Waals surface area contributed by atoms with Gasteiger partial charge in [0, 0.05) is 43.8 Å². The predicted octanol–water partition coefficient (Wildman–Crippen LogP) is 10.7. The molecule has 8 rings (SSSR count). The molecule has 0 aliphatic rings. The van der Waals surface area contributed by atoms with Crippen LogP contribution in [0.5, 0.6) is 0 Å². The fraction of sp³-hybridized carbons (Fsp3) is 0.0952. The number of nitrogens with zero attached hydrogens (tertiary/aromatic N) is 3. The first-order valence-electron chi connectivity index (χ1n) is 15.4. The fourth-order valence-corrected chi connectivity index (χ4v) is 5.57. The molecule has 4 nitrogen and oxygen atoms in total. The van der Waals surface area contributed by atoms with E-state index in [1.54, 1.807) is 6.20 Å². The number of hydrogen-bond donors (Lipinski definition) is 0. The zero-order valence-electron chi connectivity index (χ0n) is 26.4. The van der Waals surface area contributed by atoms with Gasteiger partial charge in [0.2, 0.25) is 0 Å². The minimum absolute atomic E-state index is 0. The van der Waals surface area contributed by atoms with Crippen molar-refractivity contribution in [1.82, 2.24) is 14.5 Å². The number of para-hydroxylation sites is 2. The summed E-state index contributed by atoms with van der Waals surface area (Å²) in [6.07, 6.45) is 4.95. The average Bonchev–Trinajstić information content (AvgIpc) is 3.71. The Balaban J connectivity index is 0.000000250. The molecule has 47 heavy (non-hydrogen) atoms. The molecule has 0 saturated carbocycles. The summed E-state index contributed by atoms with van der Waals surface area (Å²) < 4.78 is 8.06. The van der Waals surface area contributed by atoms with E-state index in [0.29, 0.717) is 0 Å². The minimum Gasteiger partial charge on any atom is -0.557 e. The third-order valence-electron chi connectivity index (χ3n) is 8.04. The number of benzene rings is 5. The van der Waals surface area contributed by atoms with Gasteiger partial charge >= 0.3 is 0 Å². The van der Waals surface area contributed by atoms with Gasteiger partial charge < -0.3 is 14.0 Å². The summed E-state index contributed by atoms with van der Waals surface area (Å²) in [7, 11) is 0. The van der Waals surface area contributed by atoms with Crippen LogP contribution in [0.2, 0.25) is 0 Å². The monoisotopic (exact) mass is 788 g/mol. The minimum atomic E-state index is 0. The second-order valence-electron chi connectivity index (χ2n) is 12.2. The van der Waals surface area contributed by atoms with Crippen molar-refractivity contribution < 1.29 is 24.5 Å². The molecule has 0 atom stereocenters. The topological polar surface area (TPSA) is 43.9 Å². The normalized spacial score (nSPS) is 11.1. The Morgan fingerprint density at radius 3 is 2.15 bits per heavy atom. The van der Waals surface area contributed by atoms with E-state index in [4.69, 9.17) is 9.40 Å². The van der Waals surface area contributed by atoms with Crippen LogP contribution in [0.4, 0.5) is 0 Å². The number of rotatable bonds is 4. The van der Waals surface area contributed by atoms with Gasteiger partial charge in [0.05, 0.1) is 16.9 Å². The van der Waals surface area contributed by atoms with Gasteiger partial charge in [-0.3, -0.25) is 4.98 Å². The maximum absolute atomic E-state index is 5.86.